The Bertz CT molecular complexity index is 735. The molecular weight excluding hydrogens is 396 g/mol. The lowest BCUT2D eigenvalue weighted by Crippen LogP contribution is -2.27. The number of rotatable bonds is 12. The van der Waals surface area contributed by atoms with Crippen molar-refractivity contribution < 1.29 is 38.3 Å². The minimum absolute atomic E-state index is 0.0374. The third-order valence-electron chi connectivity index (χ3n) is 3.27. The van der Waals surface area contributed by atoms with Gasteiger partial charge in [-0.15, -0.1) is 0 Å². The van der Waals surface area contributed by atoms with E-state index in [9.17, 15) is 19.2 Å². The van der Waals surface area contributed by atoms with Gasteiger partial charge in [0.25, 0.3) is 11.8 Å². The Hall–Kier alpha value is -3.50. The van der Waals surface area contributed by atoms with Gasteiger partial charge in [-0.2, -0.15) is 0 Å². The predicted octanol–water partition coefficient (Wildman–Crippen LogP) is 1.25. The van der Waals surface area contributed by atoms with Crippen LogP contribution in [0, 0.1) is 0 Å². The van der Waals surface area contributed by atoms with Crippen molar-refractivity contribution in [3.05, 3.63) is 59.7 Å². The van der Waals surface area contributed by atoms with Crippen LogP contribution in [0.2, 0.25) is 0 Å². The summed E-state index contributed by atoms with van der Waals surface area (Å²) >= 11 is 0. The molecule has 0 bridgehead atoms. The van der Waals surface area contributed by atoms with Crippen LogP contribution in [-0.4, -0.2) is 50.2 Å². The molecule has 0 fully saturated rings. The highest BCUT2D eigenvalue weighted by atomic mass is 16.7. The number of hydrogen-bond acceptors (Lipinski definition) is 8. The minimum Gasteiger partial charge on any atom is -0.460 e. The molecule has 0 unspecified atom stereocenters. The predicted molar refractivity (Wildman–Crippen MR) is 105 cm³/mol. The van der Waals surface area contributed by atoms with E-state index in [0.29, 0.717) is 0 Å². The summed E-state index contributed by atoms with van der Waals surface area (Å²) in [5.74, 6) is -2.17. The van der Waals surface area contributed by atoms with Gasteiger partial charge in [0.1, 0.15) is 26.4 Å². The second-order valence-corrected chi connectivity index (χ2v) is 5.97. The van der Waals surface area contributed by atoms with Crippen molar-refractivity contribution in [1.29, 1.82) is 0 Å². The third-order valence-corrected chi connectivity index (χ3v) is 3.27. The van der Waals surface area contributed by atoms with E-state index in [4.69, 9.17) is 19.1 Å². The van der Waals surface area contributed by atoms with Gasteiger partial charge in [0, 0.05) is 22.3 Å². The number of esters is 2. The summed E-state index contributed by atoms with van der Waals surface area (Å²) in [5.41, 5.74) is 5.40. The van der Waals surface area contributed by atoms with Crippen molar-refractivity contribution in [3.63, 3.8) is 0 Å². The van der Waals surface area contributed by atoms with Gasteiger partial charge in [-0.05, 0) is 38.1 Å². The number of amides is 2. The molecule has 0 saturated heterocycles. The summed E-state index contributed by atoms with van der Waals surface area (Å²) < 4.78 is 9.61. The summed E-state index contributed by atoms with van der Waals surface area (Å²) in [5, 5.41) is 0. The van der Waals surface area contributed by atoms with Crippen LogP contribution in [0.5, 0.6) is 0 Å². The van der Waals surface area contributed by atoms with Gasteiger partial charge < -0.3 is 9.47 Å². The summed E-state index contributed by atoms with van der Waals surface area (Å²) in [6.07, 6.45) is 0. The van der Waals surface area contributed by atoms with Gasteiger partial charge in [0.15, 0.2) is 0 Å². The highest BCUT2D eigenvalue weighted by Gasteiger charge is 2.10. The number of carbonyl (C=O) groups excluding carboxylic acids is 4. The number of hydrogen-bond donors (Lipinski definition) is 2. The molecule has 10 heteroatoms. The largest absolute Gasteiger partial charge is 0.460 e. The van der Waals surface area contributed by atoms with Crippen LogP contribution in [0.15, 0.2) is 48.6 Å². The number of nitrogens with one attached hydrogen (secondary N) is 2. The van der Waals surface area contributed by atoms with Gasteiger partial charge in [0.2, 0.25) is 0 Å². The molecule has 0 aromatic heterocycles. The Morgan fingerprint density at radius 2 is 1.03 bits per heavy atom. The molecule has 1 aromatic rings. The van der Waals surface area contributed by atoms with E-state index in [1.165, 1.54) is 38.1 Å². The first kappa shape index (κ1) is 24.5. The molecule has 1 rings (SSSR count). The van der Waals surface area contributed by atoms with Gasteiger partial charge in [0.05, 0.1) is 0 Å². The molecule has 0 radical (unpaired) electrons. The van der Waals surface area contributed by atoms with E-state index >= 15 is 0 Å². The Kier molecular flexibility index (Phi) is 10.5. The standard InChI is InChI=1S/C20H24N2O8/c1-13(2)19(25)27-9-11-29-21-17(23)15-5-7-16(8-6-15)18(24)22-30-12-10-28-20(26)14(3)4/h5-8H,1,3,9-12H2,2,4H3,(H,21,23)(H,22,24). The number of ether oxygens (including phenoxy) is 2. The quantitative estimate of drug-likeness (QED) is 0.224. The SMILES string of the molecule is C=C(C)C(=O)OCCONC(=O)c1ccc(C(=O)NOCCOC(=O)C(=C)C)cc1. The van der Waals surface area contributed by atoms with E-state index in [2.05, 4.69) is 24.1 Å². The molecule has 162 valence electrons. The second kappa shape index (κ2) is 12.9. The van der Waals surface area contributed by atoms with Crippen LogP contribution in [0.25, 0.3) is 0 Å². The molecule has 2 N–H and O–H groups in total. The molecule has 30 heavy (non-hydrogen) atoms. The van der Waals surface area contributed by atoms with Crippen LogP contribution in [0.1, 0.15) is 34.6 Å². The fraction of sp³-hybridized carbons (Fsp3) is 0.300. The molecule has 0 atom stereocenters. The summed E-state index contributed by atoms with van der Waals surface area (Å²) in [6, 6.07) is 5.68. The normalized spacial score (nSPS) is 9.93. The van der Waals surface area contributed by atoms with E-state index in [0.717, 1.165) is 0 Å². The van der Waals surface area contributed by atoms with E-state index in [-0.39, 0.29) is 48.7 Å². The highest BCUT2D eigenvalue weighted by molar-refractivity contribution is 5.97. The summed E-state index contributed by atoms with van der Waals surface area (Å²) in [4.78, 5) is 56.1. The maximum atomic E-state index is 11.9. The lowest BCUT2D eigenvalue weighted by atomic mass is 10.1. The Morgan fingerprint density at radius 3 is 1.33 bits per heavy atom. The van der Waals surface area contributed by atoms with Crippen molar-refractivity contribution in [1.82, 2.24) is 11.0 Å². The van der Waals surface area contributed by atoms with Crippen molar-refractivity contribution in [2.45, 2.75) is 13.8 Å². The molecule has 10 nitrogen and oxygen atoms in total. The second-order valence-electron chi connectivity index (χ2n) is 5.97. The fourth-order valence-electron chi connectivity index (χ4n) is 1.72. The smallest absolute Gasteiger partial charge is 0.333 e. The van der Waals surface area contributed by atoms with Crippen LogP contribution in [0.4, 0.5) is 0 Å². The average molecular weight is 420 g/mol. The highest BCUT2D eigenvalue weighted by Crippen LogP contribution is 2.05. The van der Waals surface area contributed by atoms with Crippen molar-refractivity contribution in [3.8, 4) is 0 Å². The number of hydroxylamine groups is 2. The van der Waals surface area contributed by atoms with Crippen LogP contribution < -0.4 is 11.0 Å². The average Bonchev–Trinajstić information content (AvgIpc) is 2.72. The topological polar surface area (TPSA) is 129 Å². The maximum Gasteiger partial charge on any atom is 0.333 e. The molecular formula is C20H24N2O8. The fourth-order valence-corrected chi connectivity index (χ4v) is 1.72. The first-order chi connectivity index (χ1) is 14.2. The number of carbonyl (C=O) groups is 4. The summed E-state index contributed by atoms with van der Waals surface area (Å²) in [6.45, 7) is 9.74. The Labute approximate surface area is 173 Å². The molecule has 0 saturated carbocycles. The first-order valence-electron chi connectivity index (χ1n) is 8.82. The molecule has 0 heterocycles. The molecule has 1 aromatic carbocycles. The summed E-state index contributed by atoms with van der Waals surface area (Å²) in [7, 11) is 0. The van der Waals surface area contributed by atoms with Gasteiger partial charge >= 0.3 is 11.9 Å². The van der Waals surface area contributed by atoms with Crippen LogP contribution >= 0.6 is 0 Å². The number of benzene rings is 1. The lowest BCUT2D eigenvalue weighted by Gasteiger charge is -2.08. The van der Waals surface area contributed by atoms with Crippen molar-refractivity contribution in [2.24, 2.45) is 0 Å². The minimum atomic E-state index is -0.546. The lowest BCUT2D eigenvalue weighted by molar-refractivity contribution is -0.141. The van der Waals surface area contributed by atoms with E-state index in [1.54, 1.807) is 0 Å². The zero-order valence-corrected chi connectivity index (χ0v) is 16.8. The zero-order chi connectivity index (χ0) is 22.5. The van der Waals surface area contributed by atoms with Crippen LogP contribution in [0.3, 0.4) is 0 Å². The Balaban J connectivity index is 2.30. The monoisotopic (exact) mass is 420 g/mol. The van der Waals surface area contributed by atoms with Gasteiger partial charge in [-0.25, -0.2) is 20.5 Å². The molecule has 0 aliphatic heterocycles. The van der Waals surface area contributed by atoms with Crippen molar-refractivity contribution in [2.75, 3.05) is 26.4 Å². The van der Waals surface area contributed by atoms with Gasteiger partial charge in [-0.3, -0.25) is 19.3 Å². The van der Waals surface area contributed by atoms with Gasteiger partial charge in [-0.1, -0.05) is 13.2 Å². The third kappa shape index (κ3) is 9.13. The molecule has 0 spiro atoms. The van der Waals surface area contributed by atoms with E-state index < -0.39 is 23.8 Å². The zero-order valence-electron chi connectivity index (χ0n) is 16.8. The van der Waals surface area contributed by atoms with Crippen LogP contribution in [-0.2, 0) is 28.7 Å². The van der Waals surface area contributed by atoms with Crippen molar-refractivity contribution >= 4 is 23.8 Å². The maximum absolute atomic E-state index is 11.9. The molecule has 0 aliphatic carbocycles. The first-order valence-corrected chi connectivity index (χ1v) is 8.82. The molecule has 0 aliphatic rings. The molecule has 2 amide bonds. The van der Waals surface area contributed by atoms with E-state index in [1.807, 2.05) is 0 Å². The Morgan fingerprint density at radius 1 is 0.700 bits per heavy atom.